The van der Waals surface area contributed by atoms with Gasteiger partial charge in [0.1, 0.15) is 0 Å². The minimum Gasteiger partial charge on any atom is -0.359 e. The number of hydrogen-bond acceptors (Lipinski definition) is 5. The van der Waals surface area contributed by atoms with Crippen LogP contribution in [0.1, 0.15) is 24.3 Å². The van der Waals surface area contributed by atoms with E-state index in [1.165, 1.54) is 0 Å². The van der Waals surface area contributed by atoms with E-state index in [0.29, 0.717) is 41.7 Å². The van der Waals surface area contributed by atoms with Gasteiger partial charge in [0.2, 0.25) is 23.5 Å². The van der Waals surface area contributed by atoms with Crippen LogP contribution in [0.4, 0.5) is 5.69 Å². The number of nitrogens with zero attached hydrogens (tertiary/aromatic N) is 2. The van der Waals surface area contributed by atoms with Crippen LogP contribution in [0.25, 0.3) is 11.4 Å². The second kappa shape index (κ2) is 9.84. The standard InChI is InChI=1S/C21H21ClN4O3/c1-23-19(28)13-15-5-2-3-6-17(15)24-18(27)7-4-8-20-25-21(26-29-20)14-9-11-16(22)12-10-14/h2-3,5-6,9-12H,4,7-8,13H2,1H3,(H,23,28)(H,24,27). The van der Waals surface area contributed by atoms with Gasteiger partial charge in [-0.1, -0.05) is 35.0 Å². The van der Waals surface area contributed by atoms with Crippen molar-refractivity contribution in [3.8, 4) is 11.4 Å². The summed E-state index contributed by atoms with van der Waals surface area (Å²) in [6.07, 6.45) is 1.56. The minimum absolute atomic E-state index is 0.111. The van der Waals surface area contributed by atoms with Crippen LogP contribution in [0.15, 0.2) is 53.1 Å². The molecule has 0 aliphatic rings. The molecular formula is C21H21ClN4O3. The van der Waals surface area contributed by atoms with Crippen molar-refractivity contribution in [3.05, 3.63) is 65.0 Å². The lowest BCUT2D eigenvalue weighted by molar-refractivity contribution is -0.120. The summed E-state index contributed by atoms with van der Waals surface area (Å²) in [5, 5.41) is 10.0. The highest BCUT2D eigenvalue weighted by Gasteiger charge is 2.12. The molecule has 0 aliphatic heterocycles. The molecule has 2 amide bonds. The zero-order chi connectivity index (χ0) is 20.6. The summed E-state index contributed by atoms with van der Waals surface area (Å²) < 4.78 is 5.25. The van der Waals surface area contributed by atoms with Gasteiger partial charge in [0.15, 0.2) is 0 Å². The summed E-state index contributed by atoms with van der Waals surface area (Å²) >= 11 is 5.88. The van der Waals surface area contributed by atoms with E-state index >= 15 is 0 Å². The summed E-state index contributed by atoms with van der Waals surface area (Å²) in [5.41, 5.74) is 2.23. The van der Waals surface area contributed by atoms with Crippen LogP contribution < -0.4 is 10.6 Å². The van der Waals surface area contributed by atoms with Crippen LogP contribution >= 0.6 is 11.6 Å². The van der Waals surface area contributed by atoms with Crippen molar-refractivity contribution in [1.82, 2.24) is 15.5 Å². The maximum Gasteiger partial charge on any atom is 0.226 e. The van der Waals surface area contributed by atoms with E-state index < -0.39 is 0 Å². The quantitative estimate of drug-likeness (QED) is 0.588. The second-order valence-electron chi connectivity index (χ2n) is 6.43. The molecule has 0 radical (unpaired) electrons. The number of amides is 2. The number of likely N-dealkylation sites (N-methyl/N-ethyl adjacent to an activating group) is 1. The number of benzene rings is 2. The van der Waals surface area contributed by atoms with Crippen LogP contribution in [-0.4, -0.2) is 29.0 Å². The number of nitrogens with one attached hydrogen (secondary N) is 2. The number of para-hydroxylation sites is 1. The predicted octanol–water partition coefficient (Wildman–Crippen LogP) is 3.64. The molecule has 2 N–H and O–H groups in total. The molecule has 29 heavy (non-hydrogen) atoms. The van der Waals surface area contributed by atoms with Crippen LogP contribution in [0, 0.1) is 0 Å². The normalized spacial score (nSPS) is 10.6. The molecule has 150 valence electrons. The number of rotatable bonds is 8. The molecule has 0 aliphatic carbocycles. The van der Waals surface area contributed by atoms with Crippen LogP contribution in [0.3, 0.4) is 0 Å². The van der Waals surface area contributed by atoms with Gasteiger partial charge in [-0.3, -0.25) is 9.59 Å². The summed E-state index contributed by atoms with van der Waals surface area (Å²) in [5.74, 6) is 0.721. The molecule has 3 rings (SSSR count). The predicted molar refractivity (Wildman–Crippen MR) is 111 cm³/mol. The molecule has 1 heterocycles. The Balaban J connectivity index is 1.51. The average molecular weight is 413 g/mol. The van der Waals surface area contributed by atoms with Gasteiger partial charge in [0.05, 0.1) is 6.42 Å². The average Bonchev–Trinajstić information content (AvgIpc) is 3.19. The van der Waals surface area contributed by atoms with Gasteiger partial charge in [-0.05, 0) is 42.3 Å². The molecule has 0 saturated carbocycles. The van der Waals surface area contributed by atoms with Gasteiger partial charge >= 0.3 is 0 Å². The lowest BCUT2D eigenvalue weighted by Gasteiger charge is -2.10. The Morgan fingerprint density at radius 2 is 1.83 bits per heavy atom. The molecule has 3 aromatic rings. The topological polar surface area (TPSA) is 97.1 Å². The van der Waals surface area contributed by atoms with Crippen LogP contribution in [0.5, 0.6) is 0 Å². The molecule has 0 atom stereocenters. The first-order chi connectivity index (χ1) is 14.0. The Morgan fingerprint density at radius 3 is 2.59 bits per heavy atom. The molecule has 0 spiro atoms. The molecule has 8 heteroatoms. The molecule has 0 unspecified atom stereocenters. The number of halogens is 1. The van der Waals surface area contributed by atoms with E-state index in [1.54, 1.807) is 25.2 Å². The Kier molecular flexibility index (Phi) is 6.97. The Morgan fingerprint density at radius 1 is 1.07 bits per heavy atom. The maximum absolute atomic E-state index is 12.3. The first kappa shape index (κ1) is 20.5. The fourth-order valence-corrected chi connectivity index (χ4v) is 2.87. The van der Waals surface area contributed by atoms with Gasteiger partial charge in [-0.15, -0.1) is 0 Å². The van der Waals surface area contributed by atoms with E-state index in [1.807, 2.05) is 30.3 Å². The number of anilines is 1. The lowest BCUT2D eigenvalue weighted by atomic mass is 10.1. The number of carbonyl (C=O) groups excluding carboxylic acids is 2. The van der Waals surface area contributed by atoms with Crippen molar-refractivity contribution >= 4 is 29.1 Å². The van der Waals surface area contributed by atoms with Crippen LogP contribution in [0.2, 0.25) is 5.02 Å². The SMILES string of the molecule is CNC(=O)Cc1ccccc1NC(=O)CCCc1nc(-c2ccc(Cl)cc2)no1. The number of aryl methyl sites for hydroxylation is 1. The van der Waals surface area contributed by atoms with Crippen molar-refractivity contribution in [2.45, 2.75) is 25.7 Å². The zero-order valence-corrected chi connectivity index (χ0v) is 16.7. The molecule has 2 aromatic carbocycles. The summed E-state index contributed by atoms with van der Waals surface area (Å²) in [4.78, 5) is 28.2. The maximum atomic E-state index is 12.3. The third-order valence-corrected chi connectivity index (χ3v) is 4.54. The zero-order valence-electron chi connectivity index (χ0n) is 15.9. The third-order valence-electron chi connectivity index (χ3n) is 4.29. The Hall–Kier alpha value is -3.19. The van der Waals surface area contributed by atoms with E-state index in [0.717, 1.165) is 11.1 Å². The van der Waals surface area contributed by atoms with E-state index in [9.17, 15) is 9.59 Å². The molecule has 0 fully saturated rings. The van der Waals surface area contributed by atoms with E-state index in [-0.39, 0.29) is 18.2 Å². The van der Waals surface area contributed by atoms with Gasteiger partial charge in [-0.2, -0.15) is 4.98 Å². The monoisotopic (exact) mass is 412 g/mol. The highest BCUT2D eigenvalue weighted by molar-refractivity contribution is 6.30. The highest BCUT2D eigenvalue weighted by Crippen LogP contribution is 2.20. The van der Waals surface area contributed by atoms with Gasteiger partial charge in [0, 0.05) is 36.2 Å². The van der Waals surface area contributed by atoms with Gasteiger partial charge in [0.25, 0.3) is 0 Å². The minimum atomic E-state index is -0.133. The molecule has 1 aromatic heterocycles. The summed E-state index contributed by atoms with van der Waals surface area (Å²) in [7, 11) is 1.58. The van der Waals surface area contributed by atoms with Crippen molar-refractivity contribution in [2.24, 2.45) is 0 Å². The second-order valence-corrected chi connectivity index (χ2v) is 6.86. The smallest absolute Gasteiger partial charge is 0.226 e. The lowest BCUT2D eigenvalue weighted by Crippen LogP contribution is -2.21. The van der Waals surface area contributed by atoms with Crippen LogP contribution in [-0.2, 0) is 22.4 Å². The first-order valence-electron chi connectivity index (χ1n) is 9.22. The Labute approximate surface area is 173 Å². The van der Waals surface area contributed by atoms with Crippen molar-refractivity contribution in [1.29, 1.82) is 0 Å². The summed E-state index contributed by atoms with van der Waals surface area (Å²) in [6, 6.07) is 14.4. The fourth-order valence-electron chi connectivity index (χ4n) is 2.74. The Bertz CT molecular complexity index is 986. The molecular weight excluding hydrogens is 392 g/mol. The molecule has 0 bridgehead atoms. The highest BCUT2D eigenvalue weighted by atomic mass is 35.5. The van der Waals surface area contributed by atoms with Gasteiger partial charge < -0.3 is 15.2 Å². The number of carbonyl (C=O) groups is 2. The van der Waals surface area contributed by atoms with Gasteiger partial charge in [-0.25, -0.2) is 0 Å². The van der Waals surface area contributed by atoms with E-state index in [2.05, 4.69) is 20.8 Å². The largest absolute Gasteiger partial charge is 0.359 e. The fraction of sp³-hybridized carbons (Fsp3) is 0.238. The molecule has 7 nitrogen and oxygen atoms in total. The summed E-state index contributed by atoms with van der Waals surface area (Å²) in [6.45, 7) is 0. The first-order valence-corrected chi connectivity index (χ1v) is 9.60. The van der Waals surface area contributed by atoms with Crippen molar-refractivity contribution in [3.63, 3.8) is 0 Å². The van der Waals surface area contributed by atoms with Crippen molar-refractivity contribution < 1.29 is 14.1 Å². The number of aromatic nitrogens is 2. The third kappa shape index (κ3) is 5.89. The van der Waals surface area contributed by atoms with Crippen molar-refractivity contribution in [2.75, 3.05) is 12.4 Å². The number of hydrogen-bond donors (Lipinski definition) is 2. The molecule has 0 saturated heterocycles. The van der Waals surface area contributed by atoms with E-state index in [4.69, 9.17) is 16.1 Å².